The number of unbranched alkanes of at least 4 members (excludes halogenated alkanes) is 30. The van der Waals surface area contributed by atoms with Crippen molar-refractivity contribution in [1.82, 2.24) is 14.7 Å². The minimum absolute atomic E-state index is 0.274. The first kappa shape index (κ1) is 71.3. The van der Waals surface area contributed by atoms with Crippen LogP contribution >= 0.6 is 0 Å². The van der Waals surface area contributed by atoms with Crippen LogP contribution in [0.3, 0.4) is 0 Å². The number of esters is 3. The van der Waals surface area contributed by atoms with E-state index >= 15 is 0 Å². The largest absolute Gasteiger partial charge is 0.465 e. The van der Waals surface area contributed by atoms with Gasteiger partial charge in [-0.2, -0.15) is 0 Å². The maximum Gasteiger partial charge on any atom is 0.308 e. The predicted molar refractivity (Wildman–Crippen MR) is 321 cm³/mol. The van der Waals surface area contributed by atoms with E-state index in [0.29, 0.717) is 39.1 Å². The molecule has 1 aliphatic carbocycles. The van der Waals surface area contributed by atoms with Gasteiger partial charge < -0.3 is 28.9 Å². The minimum Gasteiger partial charge on any atom is -0.465 e. The van der Waals surface area contributed by atoms with E-state index < -0.39 is 17.8 Å². The zero-order valence-electron chi connectivity index (χ0n) is 51.2. The maximum atomic E-state index is 13.9. The van der Waals surface area contributed by atoms with E-state index in [1.165, 1.54) is 231 Å². The van der Waals surface area contributed by atoms with Crippen LogP contribution in [-0.2, 0) is 28.6 Å². The molecule has 444 valence electrons. The average molecular weight is 1060 g/mol. The lowest BCUT2D eigenvalue weighted by molar-refractivity contribution is -0.161. The highest BCUT2D eigenvalue weighted by molar-refractivity contribution is 5.80. The van der Waals surface area contributed by atoms with Crippen LogP contribution in [-0.4, -0.2) is 111 Å². The van der Waals surface area contributed by atoms with Crippen LogP contribution in [0.25, 0.3) is 0 Å². The molecule has 0 spiro atoms. The van der Waals surface area contributed by atoms with Crippen molar-refractivity contribution in [3.63, 3.8) is 0 Å². The van der Waals surface area contributed by atoms with Crippen LogP contribution in [0, 0.1) is 17.8 Å². The number of nitrogens with zero attached hydrogens (tertiary/aromatic N) is 3. The van der Waals surface area contributed by atoms with Gasteiger partial charge in [0.15, 0.2) is 0 Å². The van der Waals surface area contributed by atoms with Gasteiger partial charge in [-0.15, -0.1) is 0 Å². The molecule has 0 radical (unpaired) electrons. The van der Waals surface area contributed by atoms with Gasteiger partial charge in [0.1, 0.15) is 0 Å². The second-order valence-corrected chi connectivity index (χ2v) is 23.5. The van der Waals surface area contributed by atoms with Gasteiger partial charge in [-0.05, 0) is 116 Å². The van der Waals surface area contributed by atoms with E-state index in [1.807, 2.05) is 0 Å². The summed E-state index contributed by atoms with van der Waals surface area (Å²) in [6, 6.07) is 0. The average Bonchev–Trinajstić information content (AvgIpc) is 3.42. The smallest absolute Gasteiger partial charge is 0.308 e. The van der Waals surface area contributed by atoms with Crippen molar-refractivity contribution in [1.29, 1.82) is 0 Å². The lowest BCUT2D eigenvalue weighted by Gasteiger charge is -2.31. The summed E-state index contributed by atoms with van der Waals surface area (Å²) < 4.78 is 18.1. The summed E-state index contributed by atoms with van der Waals surface area (Å²) in [5.74, 6) is -2.39. The molecule has 0 saturated heterocycles. The topological polar surface area (TPSA) is 88.6 Å². The van der Waals surface area contributed by atoms with Crippen molar-refractivity contribution in [2.45, 2.75) is 311 Å². The van der Waals surface area contributed by atoms with Crippen LogP contribution in [0.5, 0.6) is 0 Å². The SMILES string of the molecule is CCCCCCCCN(CCCCCCCC)CCCOC(=O)C1CC(C(=O)OCCCN(CCCCCCCC)CCCCCCCC)CC(C(=O)OCCCN(CCCCCCCC)CCCCCCCC)C1. The summed E-state index contributed by atoms with van der Waals surface area (Å²) in [7, 11) is 0. The number of hydrogen-bond acceptors (Lipinski definition) is 9. The number of carbonyl (C=O) groups excluding carboxylic acids is 3. The highest BCUT2D eigenvalue weighted by Gasteiger charge is 2.41. The summed E-state index contributed by atoms with van der Waals surface area (Å²) in [4.78, 5) is 49.6. The van der Waals surface area contributed by atoms with Crippen LogP contribution in [0.1, 0.15) is 311 Å². The van der Waals surface area contributed by atoms with E-state index in [2.05, 4.69) is 56.2 Å². The molecule has 1 rings (SSSR count). The minimum atomic E-state index is -0.522. The first-order valence-electron chi connectivity index (χ1n) is 33.5. The summed E-state index contributed by atoms with van der Waals surface area (Å²) in [5.41, 5.74) is 0. The highest BCUT2D eigenvalue weighted by Crippen LogP contribution is 2.36. The molecule has 9 nitrogen and oxygen atoms in total. The van der Waals surface area contributed by atoms with Gasteiger partial charge in [0.25, 0.3) is 0 Å². The predicted octanol–water partition coefficient (Wildman–Crippen LogP) is 17.9. The van der Waals surface area contributed by atoms with Crippen LogP contribution in [0.2, 0.25) is 0 Å². The Kier molecular flexibility index (Phi) is 51.6. The number of rotatable bonds is 57. The van der Waals surface area contributed by atoms with E-state index in [1.54, 1.807) is 0 Å². The van der Waals surface area contributed by atoms with Gasteiger partial charge in [0.05, 0.1) is 37.6 Å². The molecule has 0 N–H and O–H groups in total. The lowest BCUT2D eigenvalue weighted by atomic mass is 9.75. The van der Waals surface area contributed by atoms with E-state index in [-0.39, 0.29) is 17.9 Å². The molecule has 0 aromatic heterocycles. The molecule has 0 unspecified atom stereocenters. The zero-order chi connectivity index (χ0) is 54.5. The molecule has 0 amide bonds. The Morgan fingerprint density at radius 1 is 0.253 bits per heavy atom. The summed E-state index contributed by atoms with van der Waals surface area (Å²) in [6.07, 6.45) is 50.0. The quantitative estimate of drug-likeness (QED) is 0.0336. The Bertz CT molecular complexity index is 1050. The van der Waals surface area contributed by atoms with Gasteiger partial charge in [-0.3, -0.25) is 14.4 Å². The van der Waals surface area contributed by atoms with Crippen LogP contribution < -0.4 is 0 Å². The highest BCUT2D eigenvalue weighted by atomic mass is 16.5. The van der Waals surface area contributed by atoms with Gasteiger partial charge >= 0.3 is 17.9 Å². The standard InChI is InChI=1S/C66H129N3O6/c1-7-13-19-25-31-37-46-67(47-38-32-26-20-14-8-2)52-43-55-73-64(70)61-58-62(65(71)74-56-44-53-68(48-39-33-27-21-15-9-3)49-40-34-28-22-16-10-4)60-63(59-61)66(72)75-57-45-54-69(50-41-35-29-23-17-11-5)51-42-36-30-24-18-12-6/h61-63H,7-60H2,1-6H3. The number of carbonyl (C=O) groups is 3. The first-order valence-corrected chi connectivity index (χ1v) is 33.5. The van der Waals surface area contributed by atoms with Crippen LogP contribution in [0.4, 0.5) is 0 Å². The van der Waals surface area contributed by atoms with Gasteiger partial charge in [-0.1, -0.05) is 234 Å². The molecule has 0 bridgehead atoms. The molecule has 0 aromatic carbocycles. The zero-order valence-corrected chi connectivity index (χ0v) is 51.2. The fourth-order valence-electron chi connectivity index (χ4n) is 11.3. The van der Waals surface area contributed by atoms with Crippen molar-refractivity contribution >= 4 is 17.9 Å². The third-order valence-electron chi connectivity index (χ3n) is 16.3. The van der Waals surface area contributed by atoms with Crippen LogP contribution in [0.15, 0.2) is 0 Å². The molecule has 75 heavy (non-hydrogen) atoms. The van der Waals surface area contributed by atoms with Gasteiger partial charge in [0.2, 0.25) is 0 Å². The van der Waals surface area contributed by atoms with Crippen molar-refractivity contribution in [2.24, 2.45) is 17.8 Å². The summed E-state index contributed by atoms with van der Waals surface area (Å²) >= 11 is 0. The summed E-state index contributed by atoms with van der Waals surface area (Å²) in [6.45, 7) is 24.2. The molecule has 1 aliphatic rings. The normalized spacial score (nSPS) is 15.9. The Morgan fingerprint density at radius 2 is 0.413 bits per heavy atom. The Balaban J connectivity index is 2.97. The molecule has 1 saturated carbocycles. The molecule has 9 heteroatoms. The molecule has 0 aliphatic heterocycles. The van der Waals surface area contributed by atoms with E-state index in [0.717, 1.165) is 78.2 Å². The Labute approximate surface area is 467 Å². The van der Waals surface area contributed by atoms with Gasteiger partial charge in [0, 0.05) is 19.6 Å². The monoisotopic (exact) mass is 1060 g/mol. The molecule has 1 fully saturated rings. The Hall–Kier alpha value is -1.71. The number of ether oxygens (including phenoxy) is 3. The number of hydrogen-bond donors (Lipinski definition) is 0. The Morgan fingerprint density at radius 3 is 0.600 bits per heavy atom. The molecular weight excluding hydrogens is 931 g/mol. The van der Waals surface area contributed by atoms with Crippen molar-refractivity contribution in [2.75, 3.05) is 78.7 Å². The third-order valence-corrected chi connectivity index (χ3v) is 16.3. The molecule has 0 aromatic rings. The van der Waals surface area contributed by atoms with Gasteiger partial charge in [-0.25, -0.2) is 0 Å². The molecule has 0 atom stereocenters. The first-order chi connectivity index (χ1) is 36.8. The molecular formula is C66H129N3O6. The maximum absolute atomic E-state index is 13.9. The molecule has 0 heterocycles. The fourth-order valence-corrected chi connectivity index (χ4v) is 11.3. The second-order valence-electron chi connectivity index (χ2n) is 23.5. The van der Waals surface area contributed by atoms with Crippen molar-refractivity contribution in [3.05, 3.63) is 0 Å². The fraction of sp³-hybridized carbons (Fsp3) is 0.955. The summed E-state index contributed by atoms with van der Waals surface area (Å²) in [5, 5.41) is 0. The van der Waals surface area contributed by atoms with E-state index in [4.69, 9.17) is 14.2 Å². The lowest BCUT2D eigenvalue weighted by Crippen LogP contribution is -2.37. The van der Waals surface area contributed by atoms with E-state index in [9.17, 15) is 14.4 Å². The second kappa shape index (κ2) is 54.3. The van der Waals surface area contributed by atoms with Crippen molar-refractivity contribution in [3.8, 4) is 0 Å². The van der Waals surface area contributed by atoms with Crippen molar-refractivity contribution < 1.29 is 28.6 Å². The third kappa shape index (κ3) is 42.9.